The van der Waals surface area contributed by atoms with Crippen LogP contribution in [0.1, 0.15) is 239 Å². The van der Waals surface area contributed by atoms with Crippen LogP contribution in [0.4, 0.5) is 29.7 Å². The topological polar surface area (TPSA) is 165 Å². The summed E-state index contributed by atoms with van der Waals surface area (Å²) >= 11 is 5.08. The van der Waals surface area contributed by atoms with Gasteiger partial charge in [-0.05, 0) is 279 Å². The number of carbonyl (C=O) groups is 4. The Morgan fingerprint density at radius 1 is 0.500 bits per heavy atom. The van der Waals surface area contributed by atoms with Crippen molar-refractivity contribution in [1.82, 2.24) is 19.6 Å². The summed E-state index contributed by atoms with van der Waals surface area (Å²) in [5.74, 6) is -1.82. The number of unbranched alkanes of at least 4 members (excludes halogenated alkanes) is 2. The third-order valence-corrected chi connectivity index (χ3v) is 32.9. The zero-order valence-corrected chi connectivity index (χ0v) is 90.7. The number of aliphatic hydroxyl groups excluding tert-OH is 2. The number of aryl methyl sites for hydroxylation is 6. The predicted octanol–water partition coefficient (Wildman–Crippen LogP) is 27.0. The number of hydrogen-bond donors (Lipinski definition) is 2. The fourth-order valence-electron chi connectivity index (χ4n) is 19.4. The number of amides is 4. The number of nitrogens with zero attached hydrogens (tertiary/aromatic N) is 6. The number of carbonyl (C=O) groups excluding carboxylic acids is 4. The second-order valence-electron chi connectivity index (χ2n) is 39.2. The van der Waals surface area contributed by atoms with Crippen LogP contribution in [0.3, 0.4) is 0 Å². The molecule has 0 spiro atoms. The van der Waals surface area contributed by atoms with Crippen molar-refractivity contribution >= 4 is 99.1 Å². The van der Waals surface area contributed by atoms with Crippen molar-refractivity contribution in [3.8, 4) is 11.5 Å². The van der Waals surface area contributed by atoms with Crippen LogP contribution in [0, 0.1) is 71.7 Å². The van der Waals surface area contributed by atoms with E-state index >= 15 is 0 Å². The van der Waals surface area contributed by atoms with Gasteiger partial charge in [-0.2, -0.15) is 6.67 Å². The van der Waals surface area contributed by atoms with Crippen molar-refractivity contribution in [2.45, 2.75) is 297 Å². The van der Waals surface area contributed by atoms with Crippen molar-refractivity contribution in [3.05, 3.63) is 269 Å². The Kier molecular flexibility index (Phi) is 49.3. The van der Waals surface area contributed by atoms with E-state index in [0.717, 1.165) is 59.7 Å². The summed E-state index contributed by atoms with van der Waals surface area (Å²) in [6.45, 7) is 41.2. The molecule has 3 saturated heterocycles. The molecular formula is C112H155Br2Cl2F2N6O10PRu. The van der Waals surface area contributed by atoms with Gasteiger partial charge in [-0.1, -0.05) is 192 Å². The quantitative estimate of drug-likeness (QED) is 0.0109. The Morgan fingerprint density at radius 3 is 1.21 bits per heavy atom. The summed E-state index contributed by atoms with van der Waals surface area (Å²) in [4.78, 5) is 64.4. The molecule has 2 N–H and O–H groups in total. The number of anilines is 2. The van der Waals surface area contributed by atoms with Gasteiger partial charge in [0.1, 0.15) is 59.6 Å². The molecule has 24 heteroatoms. The maximum absolute atomic E-state index is 14.5. The first-order valence-electron chi connectivity index (χ1n) is 49.1. The van der Waals surface area contributed by atoms with Crippen LogP contribution in [0.25, 0.3) is 0 Å². The van der Waals surface area contributed by atoms with Crippen molar-refractivity contribution in [3.63, 3.8) is 0 Å². The molecule has 0 bridgehead atoms. The molecule has 3 aliphatic carbocycles. The van der Waals surface area contributed by atoms with Crippen molar-refractivity contribution < 1.29 is 70.6 Å². The molecular weight excluding hydrogens is 1990 g/mol. The van der Waals surface area contributed by atoms with Crippen LogP contribution < -0.4 is 19.3 Å². The summed E-state index contributed by atoms with van der Waals surface area (Å²) in [5, 5.41) is 25.0. The van der Waals surface area contributed by atoms with Gasteiger partial charge in [0.25, 0.3) is 0 Å². The number of benzene rings is 7. The number of ether oxygens (including phenoxy) is 4. The minimum absolute atomic E-state index is 0.0465. The molecule has 16 nitrogen and oxygen atoms in total. The summed E-state index contributed by atoms with van der Waals surface area (Å²) in [6.07, 6.45) is 32.4. The monoisotopic (exact) mass is 2140 g/mol. The van der Waals surface area contributed by atoms with Crippen LogP contribution in [0.5, 0.6) is 11.5 Å². The van der Waals surface area contributed by atoms with Crippen LogP contribution in [-0.4, -0.2) is 174 Å². The van der Waals surface area contributed by atoms with Gasteiger partial charge in [-0.25, -0.2) is 18.4 Å². The molecule has 13 rings (SSSR count). The Morgan fingerprint density at radius 2 is 0.868 bits per heavy atom. The number of rotatable bonds is 30. The molecule has 3 heterocycles. The van der Waals surface area contributed by atoms with E-state index in [9.17, 15) is 38.2 Å². The van der Waals surface area contributed by atoms with Crippen molar-refractivity contribution in [2.75, 3.05) is 72.9 Å². The Balaban J connectivity index is 0.000000217. The van der Waals surface area contributed by atoms with E-state index in [1.807, 2.05) is 114 Å². The third-order valence-electron chi connectivity index (χ3n) is 25.4. The number of hydrogen-bond acceptors (Lipinski definition) is 12. The summed E-state index contributed by atoms with van der Waals surface area (Å²) in [7, 11) is 11.3. The number of allylic oxidation sites excluding steroid dienone is 2. The van der Waals surface area contributed by atoms with Crippen LogP contribution in [0.2, 0.25) is 0 Å². The zero-order chi connectivity index (χ0) is 99.0. The van der Waals surface area contributed by atoms with E-state index in [1.54, 1.807) is 180 Å². The van der Waals surface area contributed by atoms with Crippen LogP contribution >= 0.6 is 59.2 Å². The molecule has 6 atom stereocenters. The molecule has 4 amide bonds. The Bertz CT molecular complexity index is 4740. The van der Waals surface area contributed by atoms with Gasteiger partial charge >= 0.3 is 85.6 Å². The molecule has 3 aliphatic heterocycles. The molecule has 136 heavy (non-hydrogen) atoms. The average Bonchev–Trinajstić information content (AvgIpc) is 1.62. The van der Waals surface area contributed by atoms with Gasteiger partial charge in [-0.15, -0.1) is 6.58 Å². The van der Waals surface area contributed by atoms with E-state index in [1.165, 1.54) is 102 Å². The van der Waals surface area contributed by atoms with E-state index in [4.69, 9.17) is 38.3 Å². The Labute approximate surface area is 845 Å². The molecule has 7 aromatic rings. The van der Waals surface area contributed by atoms with Gasteiger partial charge in [0.15, 0.2) is 0 Å². The normalized spacial score (nSPS) is 17.8. The minimum atomic E-state index is -1.61. The van der Waals surface area contributed by atoms with Gasteiger partial charge in [0.2, 0.25) is 11.8 Å². The molecule has 6 fully saturated rings. The van der Waals surface area contributed by atoms with Gasteiger partial charge in [0, 0.05) is 94.4 Å². The molecule has 748 valence electrons. The number of piperazine rings is 2. The molecule has 3 saturated carbocycles. The first-order valence-corrected chi connectivity index (χ1v) is 58.6. The fraction of sp³-hybridized carbons (Fsp3) is 0.518. The van der Waals surface area contributed by atoms with Crippen LogP contribution in [0.15, 0.2) is 189 Å². The van der Waals surface area contributed by atoms with Crippen molar-refractivity contribution in [1.29, 1.82) is 0 Å². The van der Waals surface area contributed by atoms with E-state index in [0.29, 0.717) is 55.4 Å². The summed E-state index contributed by atoms with van der Waals surface area (Å²) < 4.78 is 52.9. The number of aliphatic hydroxyl groups is 2. The van der Waals surface area contributed by atoms with Gasteiger partial charge in [-0.3, -0.25) is 19.4 Å². The molecule has 6 aliphatic rings. The second kappa shape index (κ2) is 58.8. The SMILES string of the molecule is C1CCC([PH+](C2CCCCC2)C2CCCCC2)CC1.C=CCCCBr.C=CCOc1cc(F)cc(C[C@H](C)[C@H](O)[C@H]2C(=O)N(Cc3ccccc3)CCN2C(=O)OC(C)(C)C)c1.C[C@@H](Cc1cc(F)cc(OCC=CCCCBr)c1)[C@H](O)[C@H]1C(=O)N(Cc2ccccc2)CCN1C(=O)OC(C)(C)C.Cc1cc(C)c(N2[CH-]N(c3c(C)cc(C)cc3C)CC2)c(C)c1.[Cl][Ru]([Cl])=[CH]c1ccccc1. The number of alkyl halides is 2. The third kappa shape index (κ3) is 38.3. The standard InChI is InChI=1S/C32H42BrFN2O5.C29H37FN2O5.C21H27N2.C18H33P.C7H6.C5H9Br.2ClH.Ru/c1-23(18-25-19-26(34)21-27(20-25)40-17-11-6-5-10-14-33)29(37)28-30(38)35(22-24-12-8-7-9-13-24)15-16-36(28)31(39)41-32(2,3)4;1-6-14-36-24-17-22(16-23(30)18-24)15-20(2)26(33)25-27(34)31(19-21-10-8-7-9-11-21)12-13-32(25)28(35)37-29(3,4)5;1-14-9-16(3)20(17(4)10-14)22-7-8-23(13-22)21-18(5)11-15(2)12-19(21)6;1-4-10-16(11-5-1)19(17-12-6-2-7-13-17)18-14-8-3-9-15-18;1-7-5-3-2-4-6-7;1-2-3-4-5-6;;;/h6-9,11-13,19-21,23,28-29,37H,5,10,14-18,22H2,1-4H3;6-11,16-18,20,25-26,33H,1,12-15,19H2,2-5H3;9-13H,7-8H2,1-6H3;16-18H,1-15H2;1-6H;2H,1,3-5H2;2*1H;/q;;-1;;;;;;+2/p-1/t23-,28-,29-;20-,25-,26-;;;;;;;/m00......./s1. The molecule has 7 aromatic carbocycles. The number of halogens is 6. The van der Waals surface area contributed by atoms with Gasteiger partial charge < -0.3 is 48.8 Å². The first-order chi connectivity index (χ1) is 65.0. The van der Waals surface area contributed by atoms with E-state index < -0.39 is 84.7 Å². The van der Waals surface area contributed by atoms with Gasteiger partial charge in [0.05, 0.1) is 29.2 Å². The fourth-order valence-corrected chi connectivity index (χ4v) is 27.1. The molecule has 0 unspecified atom stereocenters. The predicted molar refractivity (Wildman–Crippen MR) is 567 cm³/mol. The zero-order valence-electron chi connectivity index (χ0n) is 83.3. The maximum atomic E-state index is 14.5. The summed E-state index contributed by atoms with van der Waals surface area (Å²) in [5.41, 5.74) is 17.3. The molecule has 0 aromatic heterocycles. The molecule has 0 radical (unpaired) electrons. The second-order valence-corrected chi connectivity index (χ2v) is 50.0. The summed E-state index contributed by atoms with van der Waals surface area (Å²) in [6, 6.07) is 44.7. The Hall–Kier alpha value is -7.32. The van der Waals surface area contributed by atoms with Crippen molar-refractivity contribution in [2.24, 2.45) is 11.8 Å². The first kappa shape index (κ1) is 114. The van der Waals surface area contributed by atoms with E-state index in [-0.39, 0.29) is 52.3 Å². The van der Waals surface area contributed by atoms with Crippen LogP contribution in [-0.2, 0) is 58.5 Å². The van der Waals surface area contributed by atoms with E-state index in [2.05, 4.69) is 127 Å². The average molecular weight is 2150 g/mol.